The normalized spacial score (nSPS) is 19.3. The highest BCUT2D eigenvalue weighted by Crippen LogP contribution is 2.21. The monoisotopic (exact) mass is 436 g/mol. The van der Waals surface area contributed by atoms with E-state index in [-0.39, 0.29) is 17.2 Å². The first-order chi connectivity index (χ1) is 14.4. The zero-order chi connectivity index (χ0) is 21.6. The summed E-state index contributed by atoms with van der Waals surface area (Å²) in [5.41, 5.74) is 0.860. The van der Waals surface area contributed by atoms with Gasteiger partial charge in [-0.25, -0.2) is 8.42 Å². The van der Waals surface area contributed by atoms with Gasteiger partial charge in [-0.15, -0.1) is 0 Å². The molecule has 3 rings (SSSR count). The minimum Gasteiger partial charge on any atom is -0.453 e. The Labute approximate surface area is 179 Å². The molecule has 0 spiro atoms. The summed E-state index contributed by atoms with van der Waals surface area (Å²) in [6, 6.07) is 6.67. The van der Waals surface area contributed by atoms with Crippen molar-refractivity contribution in [1.29, 1.82) is 0 Å². The van der Waals surface area contributed by atoms with E-state index in [1.807, 2.05) is 0 Å². The van der Waals surface area contributed by atoms with E-state index in [9.17, 15) is 18.0 Å². The fraction of sp³-hybridized carbons (Fsp3) is 0.636. The third-order valence-corrected chi connectivity index (χ3v) is 7.73. The zero-order valence-corrected chi connectivity index (χ0v) is 18.5. The Balaban J connectivity index is 1.47. The van der Waals surface area contributed by atoms with Crippen molar-refractivity contribution in [3.05, 3.63) is 29.8 Å². The summed E-state index contributed by atoms with van der Waals surface area (Å²) in [5.74, 6) is -0.541. The standard InChI is InChI=1S/C22H32N2O5S/c1-18(22(26)23-14-4-2-3-5-15-23)29-21(25)13-10-19-8-11-20(12-9-19)30(27,28)24-16-6-7-17-24/h8-9,11-12,18H,2-7,10,13-17H2,1H3. The van der Waals surface area contributed by atoms with Crippen LogP contribution < -0.4 is 0 Å². The molecule has 2 aliphatic heterocycles. The fourth-order valence-electron chi connectivity index (χ4n) is 4.01. The average molecular weight is 437 g/mol. The van der Waals surface area contributed by atoms with E-state index >= 15 is 0 Å². The van der Waals surface area contributed by atoms with Gasteiger partial charge in [0.05, 0.1) is 4.90 Å². The van der Waals surface area contributed by atoms with Gasteiger partial charge in [-0.05, 0) is 56.7 Å². The van der Waals surface area contributed by atoms with E-state index in [0.29, 0.717) is 19.5 Å². The summed E-state index contributed by atoms with van der Waals surface area (Å²) in [5, 5.41) is 0. The van der Waals surface area contributed by atoms with Crippen LogP contribution >= 0.6 is 0 Å². The first kappa shape index (κ1) is 22.7. The summed E-state index contributed by atoms with van der Waals surface area (Å²) >= 11 is 0. The van der Waals surface area contributed by atoms with Crippen LogP contribution in [-0.4, -0.2) is 61.8 Å². The van der Waals surface area contributed by atoms with Gasteiger partial charge in [0.25, 0.3) is 5.91 Å². The Morgan fingerprint density at radius 3 is 2.10 bits per heavy atom. The predicted octanol–water partition coefficient (Wildman–Crippen LogP) is 2.74. The van der Waals surface area contributed by atoms with E-state index in [4.69, 9.17) is 4.74 Å². The van der Waals surface area contributed by atoms with E-state index in [2.05, 4.69) is 0 Å². The van der Waals surface area contributed by atoms with Gasteiger partial charge >= 0.3 is 5.97 Å². The molecule has 0 N–H and O–H groups in total. The van der Waals surface area contributed by atoms with Gasteiger partial charge in [-0.3, -0.25) is 9.59 Å². The van der Waals surface area contributed by atoms with Crippen LogP contribution in [0.25, 0.3) is 0 Å². The molecule has 2 heterocycles. The second-order valence-electron chi connectivity index (χ2n) is 8.13. The van der Waals surface area contributed by atoms with Crippen LogP contribution in [0.4, 0.5) is 0 Å². The van der Waals surface area contributed by atoms with Gasteiger partial charge in [0.15, 0.2) is 6.10 Å². The summed E-state index contributed by atoms with van der Waals surface area (Å²) in [6.07, 6.45) is 5.88. The van der Waals surface area contributed by atoms with Crippen LogP contribution in [0.3, 0.4) is 0 Å². The Kier molecular flexibility index (Phi) is 7.88. The second kappa shape index (κ2) is 10.4. The van der Waals surface area contributed by atoms with Crippen molar-refractivity contribution in [2.75, 3.05) is 26.2 Å². The number of rotatable bonds is 7. The second-order valence-corrected chi connectivity index (χ2v) is 10.1. The molecule has 0 aromatic heterocycles. The molecule has 2 saturated heterocycles. The molecular formula is C22H32N2O5S. The molecule has 0 radical (unpaired) electrons. The predicted molar refractivity (Wildman–Crippen MR) is 113 cm³/mol. The minimum absolute atomic E-state index is 0.123. The van der Waals surface area contributed by atoms with Crippen molar-refractivity contribution >= 4 is 21.9 Å². The number of carbonyl (C=O) groups is 2. The molecule has 1 aromatic rings. The maximum atomic E-state index is 12.6. The lowest BCUT2D eigenvalue weighted by atomic mass is 10.1. The van der Waals surface area contributed by atoms with Gasteiger partial charge in [-0.1, -0.05) is 25.0 Å². The number of hydrogen-bond acceptors (Lipinski definition) is 5. The number of likely N-dealkylation sites (tertiary alicyclic amines) is 1. The van der Waals surface area contributed by atoms with Crippen LogP contribution in [0.2, 0.25) is 0 Å². The molecule has 1 aromatic carbocycles. The third-order valence-electron chi connectivity index (χ3n) is 5.82. The number of sulfonamides is 1. The molecule has 166 valence electrons. The average Bonchev–Trinajstić information content (AvgIpc) is 3.16. The smallest absolute Gasteiger partial charge is 0.306 e. The third kappa shape index (κ3) is 5.82. The first-order valence-corrected chi connectivity index (χ1v) is 12.4. The molecule has 1 unspecified atom stereocenters. The Hall–Kier alpha value is -1.93. The molecule has 2 fully saturated rings. The van der Waals surface area contributed by atoms with Gasteiger partial charge in [-0.2, -0.15) is 4.31 Å². The Morgan fingerprint density at radius 1 is 0.933 bits per heavy atom. The number of nitrogens with zero attached hydrogens (tertiary/aromatic N) is 2. The molecule has 0 saturated carbocycles. The number of aryl methyl sites for hydroxylation is 1. The number of amides is 1. The van der Waals surface area contributed by atoms with Crippen LogP contribution in [0.15, 0.2) is 29.2 Å². The van der Waals surface area contributed by atoms with Crippen LogP contribution in [0.5, 0.6) is 0 Å². The van der Waals surface area contributed by atoms with Crippen molar-refractivity contribution in [2.24, 2.45) is 0 Å². The molecule has 7 nitrogen and oxygen atoms in total. The van der Waals surface area contributed by atoms with Crippen LogP contribution in [0, 0.1) is 0 Å². The van der Waals surface area contributed by atoms with Gasteiger partial charge in [0.2, 0.25) is 10.0 Å². The highest BCUT2D eigenvalue weighted by molar-refractivity contribution is 7.89. The van der Waals surface area contributed by atoms with Gasteiger partial charge in [0.1, 0.15) is 0 Å². The summed E-state index contributed by atoms with van der Waals surface area (Å²) in [6.45, 7) is 4.23. The van der Waals surface area contributed by atoms with Crippen LogP contribution in [-0.2, 0) is 30.8 Å². The maximum Gasteiger partial charge on any atom is 0.306 e. The van der Waals surface area contributed by atoms with E-state index < -0.39 is 22.1 Å². The molecule has 0 aliphatic carbocycles. The van der Waals surface area contributed by atoms with Crippen molar-refractivity contribution in [3.63, 3.8) is 0 Å². The quantitative estimate of drug-likeness (QED) is 0.614. The lowest BCUT2D eigenvalue weighted by molar-refractivity contribution is -0.159. The number of carbonyl (C=O) groups excluding carboxylic acids is 2. The maximum absolute atomic E-state index is 12.6. The van der Waals surface area contributed by atoms with Gasteiger partial charge in [0, 0.05) is 32.6 Å². The van der Waals surface area contributed by atoms with Crippen molar-refractivity contribution in [3.8, 4) is 0 Å². The Bertz CT molecular complexity index is 824. The molecule has 2 aliphatic rings. The molecule has 1 atom stereocenters. The molecule has 30 heavy (non-hydrogen) atoms. The van der Waals surface area contributed by atoms with E-state index in [1.165, 1.54) is 4.31 Å². The largest absolute Gasteiger partial charge is 0.453 e. The molecular weight excluding hydrogens is 404 g/mol. The lowest BCUT2D eigenvalue weighted by Crippen LogP contribution is -2.40. The number of ether oxygens (including phenoxy) is 1. The van der Waals surface area contributed by atoms with Crippen molar-refractivity contribution in [1.82, 2.24) is 9.21 Å². The SMILES string of the molecule is CC(OC(=O)CCc1ccc(S(=O)(=O)N2CCCC2)cc1)C(=O)N1CCCCCC1. The number of esters is 1. The highest BCUT2D eigenvalue weighted by atomic mass is 32.2. The topological polar surface area (TPSA) is 84.0 Å². The minimum atomic E-state index is -3.43. The molecule has 1 amide bonds. The van der Waals surface area contributed by atoms with Gasteiger partial charge < -0.3 is 9.64 Å². The summed E-state index contributed by atoms with van der Waals surface area (Å²) in [4.78, 5) is 26.8. The highest BCUT2D eigenvalue weighted by Gasteiger charge is 2.27. The van der Waals surface area contributed by atoms with E-state index in [0.717, 1.165) is 57.2 Å². The fourth-order valence-corrected chi connectivity index (χ4v) is 5.52. The summed E-state index contributed by atoms with van der Waals surface area (Å²) in [7, 11) is -3.43. The molecule has 8 heteroatoms. The zero-order valence-electron chi connectivity index (χ0n) is 17.7. The number of benzene rings is 1. The van der Waals surface area contributed by atoms with Crippen molar-refractivity contribution in [2.45, 2.75) is 69.3 Å². The van der Waals surface area contributed by atoms with E-state index in [1.54, 1.807) is 36.1 Å². The molecule has 0 bridgehead atoms. The Morgan fingerprint density at radius 2 is 1.50 bits per heavy atom. The summed E-state index contributed by atoms with van der Waals surface area (Å²) < 4.78 is 32.0. The lowest BCUT2D eigenvalue weighted by Gasteiger charge is -2.24. The first-order valence-electron chi connectivity index (χ1n) is 11.0. The van der Waals surface area contributed by atoms with Crippen LogP contribution in [0.1, 0.15) is 57.4 Å². The van der Waals surface area contributed by atoms with Crippen molar-refractivity contribution < 1.29 is 22.7 Å². The number of hydrogen-bond donors (Lipinski definition) is 0.